The number of fused-ring (bicyclic) bond motifs is 1. The number of rotatable bonds is 3. The molecule has 1 aromatic carbocycles. The number of aliphatic hydroxyl groups excluding tert-OH is 1. The van der Waals surface area contributed by atoms with Crippen LogP contribution in [0.5, 0.6) is 0 Å². The van der Waals surface area contributed by atoms with Crippen molar-refractivity contribution in [3.63, 3.8) is 0 Å². The van der Waals surface area contributed by atoms with Crippen molar-refractivity contribution in [2.24, 2.45) is 5.92 Å². The summed E-state index contributed by atoms with van der Waals surface area (Å²) in [6.07, 6.45) is 2.92. The first kappa shape index (κ1) is 13.5. The fraction of sp³-hybridized carbons (Fsp3) is 0.471. The molecule has 1 aromatic heterocycles. The second kappa shape index (κ2) is 5.90. The Bertz CT molecular complexity index is 584. The summed E-state index contributed by atoms with van der Waals surface area (Å²) >= 11 is 0. The van der Waals surface area contributed by atoms with E-state index in [-0.39, 0.29) is 6.04 Å². The number of aliphatic hydroxyl groups is 1. The van der Waals surface area contributed by atoms with Crippen LogP contribution >= 0.6 is 0 Å². The van der Waals surface area contributed by atoms with Crippen LogP contribution < -0.4 is 5.32 Å². The zero-order valence-electron chi connectivity index (χ0n) is 11.9. The van der Waals surface area contributed by atoms with Gasteiger partial charge in [-0.25, -0.2) is 0 Å². The highest BCUT2D eigenvalue weighted by molar-refractivity contribution is 5.78. The Balaban J connectivity index is 1.82. The lowest BCUT2D eigenvalue weighted by Crippen LogP contribution is -2.42. The van der Waals surface area contributed by atoms with Crippen LogP contribution in [0.4, 0.5) is 0 Å². The first-order valence-electron chi connectivity index (χ1n) is 7.55. The predicted octanol–water partition coefficient (Wildman–Crippen LogP) is 3.05. The van der Waals surface area contributed by atoms with Gasteiger partial charge in [0.2, 0.25) is 0 Å². The molecule has 1 saturated heterocycles. The lowest BCUT2D eigenvalue weighted by Gasteiger charge is -2.32. The van der Waals surface area contributed by atoms with Crippen LogP contribution in [0.15, 0.2) is 36.4 Å². The zero-order chi connectivity index (χ0) is 13.9. The van der Waals surface area contributed by atoms with Gasteiger partial charge >= 0.3 is 0 Å². The zero-order valence-corrected chi connectivity index (χ0v) is 11.9. The van der Waals surface area contributed by atoms with E-state index in [0.717, 1.165) is 35.5 Å². The van der Waals surface area contributed by atoms with Gasteiger partial charge in [0, 0.05) is 11.4 Å². The van der Waals surface area contributed by atoms with Crippen LogP contribution in [-0.4, -0.2) is 22.7 Å². The Hall–Kier alpha value is -1.45. The Morgan fingerprint density at radius 1 is 1.30 bits per heavy atom. The third-order valence-corrected chi connectivity index (χ3v) is 4.43. The van der Waals surface area contributed by atoms with E-state index in [2.05, 4.69) is 17.2 Å². The largest absolute Gasteiger partial charge is 0.385 e. The molecule has 0 radical (unpaired) electrons. The minimum atomic E-state index is -0.519. The van der Waals surface area contributed by atoms with Gasteiger partial charge in [-0.1, -0.05) is 37.6 Å². The quantitative estimate of drug-likeness (QED) is 0.901. The average Bonchev–Trinajstić information content (AvgIpc) is 2.53. The van der Waals surface area contributed by atoms with Gasteiger partial charge in [0.25, 0.3) is 0 Å². The molecule has 1 aliphatic heterocycles. The molecule has 3 heteroatoms. The molecule has 0 saturated carbocycles. The van der Waals surface area contributed by atoms with E-state index in [1.807, 2.05) is 36.4 Å². The van der Waals surface area contributed by atoms with Crippen LogP contribution in [0.2, 0.25) is 0 Å². The Labute approximate surface area is 120 Å². The van der Waals surface area contributed by atoms with Crippen molar-refractivity contribution in [3.8, 4) is 0 Å². The van der Waals surface area contributed by atoms with Crippen molar-refractivity contribution in [3.05, 3.63) is 42.1 Å². The van der Waals surface area contributed by atoms with E-state index >= 15 is 0 Å². The summed E-state index contributed by atoms with van der Waals surface area (Å²) < 4.78 is 0. The third kappa shape index (κ3) is 2.69. The first-order chi connectivity index (χ1) is 9.78. The molecule has 0 spiro atoms. The summed E-state index contributed by atoms with van der Waals surface area (Å²) in [7, 11) is 0. The number of hydrogen-bond acceptors (Lipinski definition) is 3. The lowest BCUT2D eigenvalue weighted by atomic mass is 9.87. The number of nitrogens with one attached hydrogen (secondary N) is 1. The third-order valence-electron chi connectivity index (χ3n) is 4.43. The van der Waals surface area contributed by atoms with E-state index in [9.17, 15) is 5.11 Å². The molecule has 2 aromatic rings. The molecule has 0 amide bonds. The van der Waals surface area contributed by atoms with Crippen molar-refractivity contribution in [2.45, 2.75) is 38.3 Å². The smallest absolute Gasteiger partial charge is 0.111 e. The Kier molecular flexibility index (Phi) is 3.99. The summed E-state index contributed by atoms with van der Waals surface area (Å²) in [6.45, 7) is 3.22. The molecule has 2 N–H and O–H groups in total. The molecule has 106 valence electrons. The van der Waals surface area contributed by atoms with Gasteiger partial charge in [0.05, 0.1) is 11.2 Å². The Morgan fingerprint density at radius 3 is 3.00 bits per heavy atom. The molecule has 2 heterocycles. The highest BCUT2D eigenvalue weighted by atomic mass is 16.3. The summed E-state index contributed by atoms with van der Waals surface area (Å²) in [6, 6.07) is 12.2. The second-order valence-electron chi connectivity index (χ2n) is 5.73. The molecular weight excluding hydrogens is 248 g/mol. The molecule has 3 atom stereocenters. The van der Waals surface area contributed by atoms with Gasteiger partial charge in [-0.2, -0.15) is 0 Å². The van der Waals surface area contributed by atoms with Gasteiger partial charge in [-0.3, -0.25) is 4.98 Å². The predicted molar refractivity (Wildman–Crippen MR) is 81.5 cm³/mol. The minimum absolute atomic E-state index is 0.127. The van der Waals surface area contributed by atoms with Crippen molar-refractivity contribution in [1.82, 2.24) is 10.3 Å². The molecule has 3 rings (SSSR count). The highest BCUT2D eigenvalue weighted by Gasteiger charge is 2.27. The number of nitrogens with zero attached hydrogens (tertiary/aromatic N) is 1. The molecule has 1 aliphatic rings. The maximum Gasteiger partial charge on any atom is 0.111 e. The normalized spacial score (nSPS) is 24.7. The summed E-state index contributed by atoms with van der Waals surface area (Å²) in [4.78, 5) is 4.61. The average molecular weight is 270 g/mol. The van der Waals surface area contributed by atoms with Crippen LogP contribution in [0.1, 0.15) is 38.0 Å². The number of pyridine rings is 1. The Morgan fingerprint density at radius 2 is 2.15 bits per heavy atom. The first-order valence-corrected chi connectivity index (χ1v) is 7.55. The van der Waals surface area contributed by atoms with Crippen molar-refractivity contribution in [1.29, 1.82) is 0 Å². The van der Waals surface area contributed by atoms with Crippen LogP contribution in [-0.2, 0) is 0 Å². The SMILES string of the molecule is CCC1CCNC(C(O)c2ccc3ccccc3n2)C1. The van der Waals surface area contributed by atoms with Gasteiger partial charge in [-0.15, -0.1) is 0 Å². The molecule has 0 bridgehead atoms. The van der Waals surface area contributed by atoms with Crippen molar-refractivity contribution >= 4 is 10.9 Å². The fourth-order valence-electron chi connectivity index (χ4n) is 3.10. The monoisotopic (exact) mass is 270 g/mol. The fourth-order valence-corrected chi connectivity index (χ4v) is 3.10. The summed E-state index contributed by atoms with van der Waals surface area (Å²) in [5.74, 6) is 0.719. The number of piperidine rings is 1. The maximum atomic E-state index is 10.6. The number of aromatic nitrogens is 1. The second-order valence-corrected chi connectivity index (χ2v) is 5.73. The summed E-state index contributed by atoms with van der Waals surface area (Å²) in [5.41, 5.74) is 1.73. The van der Waals surface area contributed by atoms with Crippen LogP contribution in [0.3, 0.4) is 0 Å². The highest BCUT2D eigenvalue weighted by Crippen LogP contribution is 2.27. The molecule has 3 unspecified atom stereocenters. The van der Waals surface area contributed by atoms with E-state index in [1.54, 1.807) is 0 Å². The van der Waals surface area contributed by atoms with Gasteiger partial charge < -0.3 is 10.4 Å². The molecular formula is C17H22N2O. The van der Waals surface area contributed by atoms with Crippen LogP contribution in [0, 0.1) is 5.92 Å². The van der Waals surface area contributed by atoms with E-state index in [4.69, 9.17) is 0 Å². The lowest BCUT2D eigenvalue weighted by molar-refractivity contribution is 0.0947. The standard InChI is InChI=1S/C17H22N2O/c1-2-12-9-10-18-16(11-12)17(20)15-8-7-13-5-3-4-6-14(13)19-15/h3-8,12,16-18,20H,2,9-11H2,1H3. The summed E-state index contributed by atoms with van der Waals surface area (Å²) in [5, 5.41) is 15.1. The van der Waals surface area contributed by atoms with Gasteiger partial charge in [0.15, 0.2) is 0 Å². The topological polar surface area (TPSA) is 45.1 Å². The molecule has 20 heavy (non-hydrogen) atoms. The van der Waals surface area contributed by atoms with E-state index in [1.165, 1.54) is 12.8 Å². The maximum absolute atomic E-state index is 10.6. The number of para-hydroxylation sites is 1. The van der Waals surface area contributed by atoms with Crippen LogP contribution in [0.25, 0.3) is 10.9 Å². The van der Waals surface area contributed by atoms with Crippen molar-refractivity contribution < 1.29 is 5.11 Å². The van der Waals surface area contributed by atoms with Gasteiger partial charge in [0.1, 0.15) is 6.10 Å². The van der Waals surface area contributed by atoms with Crippen molar-refractivity contribution in [2.75, 3.05) is 6.54 Å². The molecule has 0 aliphatic carbocycles. The minimum Gasteiger partial charge on any atom is -0.385 e. The number of hydrogen-bond donors (Lipinski definition) is 2. The number of benzene rings is 1. The van der Waals surface area contributed by atoms with Gasteiger partial charge in [-0.05, 0) is 37.4 Å². The van der Waals surface area contributed by atoms with E-state index in [0.29, 0.717) is 0 Å². The molecule has 3 nitrogen and oxygen atoms in total. The molecule has 1 fully saturated rings. The van der Waals surface area contributed by atoms with E-state index < -0.39 is 6.10 Å².